The number of guanidine groups is 1. The number of aliphatic hydroxyl groups excluding tert-OH is 1. The lowest BCUT2D eigenvalue weighted by molar-refractivity contribution is -0.140. The summed E-state index contributed by atoms with van der Waals surface area (Å²) in [5.41, 5.74) is 0.753. The van der Waals surface area contributed by atoms with E-state index in [2.05, 4.69) is 27.8 Å². The second kappa shape index (κ2) is 9.09. The minimum atomic E-state index is -0.745. The van der Waals surface area contributed by atoms with Crippen molar-refractivity contribution in [3.05, 3.63) is 42.0 Å². The summed E-state index contributed by atoms with van der Waals surface area (Å²) in [6.45, 7) is 3.52. The van der Waals surface area contributed by atoms with Crippen molar-refractivity contribution in [2.45, 2.75) is 19.4 Å². The number of amides is 2. The zero-order valence-electron chi connectivity index (χ0n) is 18.0. The first kappa shape index (κ1) is 21.4. The first-order valence-corrected chi connectivity index (χ1v) is 10.9. The van der Waals surface area contributed by atoms with Crippen LogP contribution in [0.5, 0.6) is 5.75 Å². The van der Waals surface area contributed by atoms with Crippen molar-refractivity contribution in [2.75, 3.05) is 33.3 Å². The number of hydrogen-bond acceptors (Lipinski definition) is 5. The van der Waals surface area contributed by atoms with Crippen molar-refractivity contribution in [1.82, 2.24) is 15.5 Å². The van der Waals surface area contributed by atoms with Crippen LogP contribution < -0.4 is 15.4 Å². The molecule has 1 aliphatic heterocycles. The van der Waals surface area contributed by atoms with Gasteiger partial charge in [0.05, 0.1) is 31.6 Å². The van der Waals surface area contributed by atoms with E-state index in [1.165, 1.54) is 4.90 Å². The Kier molecular flexibility index (Phi) is 6.27. The SMILES string of the molecule is CCNC(=NCC(O)c1ccc(OC)cc1)NCCN1C(=O)C2C3C=CC(C3)C2C1=O. The van der Waals surface area contributed by atoms with E-state index in [1.54, 1.807) is 19.2 Å². The number of aliphatic hydroxyl groups is 1. The Bertz CT molecular complexity index is 852. The monoisotopic (exact) mass is 426 g/mol. The molecule has 0 aromatic heterocycles. The molecule has 1 saturated carbocycles. The number of nitrogens with one attached hydrogen (secondary N) is 2. The standard InChI is InChI=1S/C23H30N4O4/c1-3-24-23(26-13-18(28)14-6-8-17(31-2)9-7-14)25-10-11-27-21(29)19-15-4-5-16(12-15)20(19)22(27)30/h4-9,15-16,18-20,28H,3,10-13H2,1-2H3,(H2,24,25,26). The highest BCUT2D eigenvalue weighted by molar-refractivity contribution is 6.06. The maximum absolute atomic E-state index is 12.8. The summed E-state index contributed by atoms with van der Waals surface area (Å²) < 4.78 is 5.14. The molecule has 8 nitrogen and oxygen atoms in total. The van der Waals surface area contributed by atoms with Crippen molar-refractivity contribution < 1.29 is 19.4 Å². The van der Waals surface area contributed by atoms with Gasteiger partial charge in [0.15, 0.2) is 5.96 Å². The molecule has 2 fully saturated rings. The number of hydrogen-bond donors (Lipinski definition) is 3. The zero-order chi connectivity index (χ0) is 22.0. The van der Waals surface area contributed by atoms with E-state index in [4.69, 9.17) is 4.74 Å². The number of carbonyl (C=O) groups excluding carboxylic acids is 2. The highest BCUT2D eigenvalue weighted by Crippen LogP contribution is 2.52. The summed E-state index contributed by atoms with van der Waals surface area (Å²) in [6, 6.07) is 7.21. The molecule has 1 aromatic carbocycles. The van der Waals surface area contributed by atoms with Gasteiger partial charge in [-0.25, -0.2) is 0 Å². The second-order valence-electron chi connectivity index (χ2n) is 8.26. The second-order valence-corrected chi connectivity index (χ2v) is 8.26. The van der Waals surface area contributed by atoms with Crippen molar-refractivity contribution >= 4 is 17.8 Å². The number of imide groups is 1. The molecular formula is C23H30N4O4. The van der Waals surface area contributed by atoms with Gasteiger partial charge in [-0.15, -0.1) is 0 Å². The number of likely N-dealkylation sites (tertiary alicyclic amines) is 1. The fraction of sp³-hybridized carbons (Fsp3) is 0.522. The summed E-state index contributed by atoms with van der Waals surface area (Å²) in [7, 11) is 1.60. The van der Waals surface area contributed by atoms with Crippen LogP contribution in [0.1, 0.15) is 25.0 Å². The minimum absolute atomic E-state index is 0.0366. The molecule has 0 spiro atoms. The van der Waals surface area contributed by atoms with E-state index in [9.17, 15) is 14.7 Å². The number of ether oxygens (including phenoxy) is 1. The maximum atomic E-state index is 12.8. The van der Waals surface area contributed by atoms with Crippen LogP contribution in [0.15, 0.2) is 41.4 Å². The van der Waals surface area contributed by atoms with Crippen molar-refractivity contribution in [1.29, 1.82) is 0 Å². The number of methoxy groups -OCH3 is 1. The molecule has 1 saturated heterocycles. The van der Waals surface area contributed by atoms with Crippen LogP contribution in [0.3, 0.4) is 0 Å². The first-order chi connectivity index (χ1) is 15.0. The maximum Gasteiger partial charge on any atom is 0.233 e. The third-order valence-electron chi connectivity index (χ3n) is 6.46. The lowest BCUT2D eigenvalue weighted by Crippen LogP contribution is -2.43. The van der Waals surface area contributed by atoms with Crippen molar-refractivity contribution in [3.8, 4) is 5.75 Å². The van der Waals surface area contributed by atoms with E-state index in [1.807, 2.05) is 19.1 Å². The topological polar surface area (TPSA) is 103 Å². The molecule has 0 radical (unpaired) electrons. The summed E-state index contributed by atoms with van der Waals surface area (Å²) in [5.74, 6) is 1.32. The van der Waals surface area contributed by atoms with Gasteiger partial charge in [0, 0.05) is 19.6 Å². The number of carbonyl (C=O) groups is 2. The van der Waals surface area contributed by atoms with Gasteiger partial charge in [0.2, 0.25) is 11.8 Å². The third-order valence-corrected chi connectivity index (χ3v) is 6.46. The molecule has 166 valence electrons. The molecule has 4 rings (SSSR count). The Morgan fingerprint density at radius 3 is 2.39 bits per heavy atom. The Balaban J connectivity index is 1.30. The van der Waals surface area contributed by atoms with Gasteiger partial charge in [0.25, 0.3) is 0 Å². The van der Waals surface area contributed by atoms with Gasteiger partial charge in [-0.3, -0.25) is 19.5 Å². The van der Waals surface area contributed by atoms with E-state index in [0.717, 1.165) is 17.7 Å². The number of rotatable bonds is 8. The molecule has 31 heavy (non-hydrogen) atoms. The van der Waals surface area contributed by atoms with E-state index >= 15 is 0 Å². The zero-order valence-corrected chi connectivity index (χ0v) is 18.0. The number of benzene rings is 1. The average Bonchev–Trinajstić information content (AvgIpc) is 3.47. The molecule has 5 unspecified atom stereocenters. The van der Waals surface area contributed by atoms with Crippen LogP contribution in [0, 0.1) is 23.7 Å². The predicted octanol–water partition coefficient (Wildman–Crippen LogP) is 1.09. The molecular weight excluding hydrogens is 396 g/mol. The summed E-state index contributed by atoms with van der Waals surface area (Å²) >= 11 is 0. The summed E-state index contributed by atoms with van der Waals surface area (Å²) in [4.78, 5) is 31.4. The van der Waals surface area contributed by atoms with Gasteiger partial charge in [-0.2, -0.15) is 0 Å². The quantitative estimate of drug-likeness (QED) is 0.249. The van der Waals surface area contributed by atoms with Crippen LogP contribution in [0.2, 0.25) is 0 Å². The lowest BCUT2D eigenvalue weighted by Gasteiger charge is -2.19. The Morgan fingerprint density at radius 2 is 1.81 bits per heavy atom. The molecule has 2 bridgehead atoms. The van der Waals surface area contributed by atoms with Gasteiger partial charge in [-0.1, -0.05) is 24.3 Å². The van der Waals surface area contributed by atoms with Crippen molar-refractivity contribution in [2.24, 2.45) is 28.7 Å². The fourth-order valence-electron chi connectivity index (χ4n) is 4.92. The largest absolute Gasteiger partial charge is 0.497 e. The smallest absolute Gasteiger partial charge is 0.233 e. The van der Waals surface area contributed by atoms with Crippen LogP contribution in [0.25, 0.3) is 0 Å². The number of nitrogens with zero attached hydrogens (tertiary/aromatic N) is 2. The van der Waals surface area contributed by atoms with Crippen LogP contribution >= 0.6 is 0 Å². The Hall–Kier alpha value is -2.87. The third kappa shape index (κ3) is 4.17. The van der Waals surface area contributed by atoms with Gasteiger partial charge in [0.1, 0.15) is 5.75 Å². The lowest BCUT2D eigenvalue weighted by atomic mass is 9.85. The molecule has 2 amide bonds. The van der Waals surface area contributed by atoms with E-state index < -0.39 is 6.10 Å². The number of allylic oxidation sites excluding steroid dienone is 2. The summed E-state index contributed by atoms with van der Waals surface area (Å²) in [5, 5.41) is 16.7. The van der Waals surface area contributed by atoms with Crippen LogP contribution in [0.4, 0.5) is 0 Å². The molecule has 3 N–H and O–H groups in total. The Labute approximate surface area is 182 Å². The van der Waals surface area contributed by atoms with Crippen LogP contribution in [-0.2, 0) is 9.59 Å². The normalized spacial score (nSPS) is 27.6. The molecule has 8 heteroatoms. The molecule has 5 atom stereocenters. The molecule has 1 heterocycles. The summed E-state index contributed by atoms with van der Waals surface area (Å²) in [6.07, 6.45) is 4.39. The molecule has 3 aliphatic rings. The van der Waals surface area contributed by atoms with Gasteiger partial charge in [-0.05, 0) is 42.9 Å². The predicted molar refractivity (Wildman–Crippen MR) is 116 cm³/mol. The minimum Gasteiger partial charge on any atom is -0.497 e. The first-order valence-electron chi connectivity index (χ1n) is 10.9. The van der Waals surface area contributed by atoms with Crippen LogP contribution in [-0.4, -0.2) is 61.1 Å². The van der Waals surface area contributed by atoms with E-state index in [0.29, 0.717) is 25.6 Å². The average molecular weight is 427 g/mol. The number of fused-ring (bicyclic) bond motifs is 5. The molecule has 1 aromatic rings. The highest BCUT2D eigenvalue weighted by atomic mass is 16.5. The van der Waals surface area contributed by atoms with Gasteiger partial charge < -0.3 is 20.5 Å². The number of aliphatic imine (C=N–C) groups is 1. The fourth-order valence-corrected chi connectivity index (χ4v) is 4.92. The van der Waals surface area contributed by atoms with Gasteiger partial charge >= 0.3 is 0 Å². The highest BCUT2D eigenvalue weighted by Gasteiger charge is 2.58. The van der Waals surface area contributed by atoms with Crippen molar-refractivity contribution in [3.63, 3.8) is 0 Å². The van der Waals surface area contributed by atoms with E-state index in [-0.39, 0.29) is 42.0 Å². The Morgan fingerprint density at radius 1 is 1.16 bits per heavy atom. The molecule has 2 aliphatic carbocycles.